The Balaban J connectivity index is 2.06. The van der Waals surface area contributed by atoms with Crippen LogP contribution in [0.4, 0.5) is 16.2 Å². The van der Waals surface area contributed by atoms with E-state index < -0.39 is 0 Å². The zero-order valence-electron chi connectivity index (χ0n) is 9.15. The summed E-state index contributed by atoms with van der Waals surface area (Å²) in [6, 6.07) is 10.3. The highest BCUT2D eigenvalue weighted by Gasteiger charge is 2.07. The average Bonchev–Trinajstić information content (AvgIpc) is 2.35. The normalized spacial score (nSPS) is 9.89. The number of amides is 2. The number of urea groups is 1. The van der Waals surface area contributed by atoms with E-state index in [4.69, 9.17) is 11.6 Å². The van der Waals surface area contributed by atoms with Crippen LogP contribution in [0.2, 0.25) is 5.15 Å². The van der Waals surface area contributed by atoms with Gasteiger partial charge in [0, 0.05) is 10.7 Å². The van der Waals surface area contributed by atoms with Crippen molar-refractivity contribution in [3.63, 3.8) is 0 Å². The Morgan fingerprint density at radius 3 is 2.50 bits per heavy atom. The lowest BCUT2D eigenvalue weighted by atomic mass is 10.3. The van der Waals surface area contributed by atoms with Crippen LogP contribution in [0.3, 0.4) is 0 Å². The first-order chi connectivity index (χ1) is 8.66. The lowest BCUT2D eigenvalue weighted by Gasteiger charge is -2.09. The molecule has 0 aliphatic heterocycles. The van der Waals surface area contributed by atoms with Crippen molar-refractivity contribution < 1.29 is 4.79 Å². The Morgan fingerprint density at radius 1 is 1.11 bits per heavy atom. The van der Waals surface area contributed by atoms with Crippen LogP contribution in [0.5, 0.6) is 0 Å². The van der Waals surface area contributed by atoms with Crippen LogP contribution in [-0.2, 0) is 0 Å². The van der Waals surface area contributed by atoms with Gasteiger partial charge in [-0.1, -0.05) is 23.7 Å². The first-order valence-electron chi connectivity index (χ1n) is 5.10. The van der Waals surface area contributed by atoms with Crippen LogP contribution in [-0.4, -0.2) is 11.0 Å². The second-order valence-corrected chi connectivity index (χ2v) is 4.61. The van der Waals surface area contributed by atoms with Crippen molar-refractivity contribution in [2.75, 3.05) is 10.6 Å². The maximum absolute atomic E-state index is 11.8. The van der Waals surface area contributed by atoms with Crippen LogP contribution in [0.1, 0.15) is 0 Å². The molecule has 0 atom stereocenters. The van der Waals surface area contributed by atoms with Crippen molar-refractivity contribution in [2.24, 2.45) is 0 Å². The number of nitrogens with one attached hydrogen (secondary N) is 2. The number of hydrogen-bond donors (Lipinski definition) is 2. The molecule has 0 bridgehead atoms. The summed E-state index contributed by atoms with van der Waals surface area (Å²) in [6.07, 6.45) is 1.55. The third kappa shape index (κ3) is 3.21. The number of carbonyl (C=O) groups is 1. The Hall–Kier alpha value is -1.59. The van der Waals surface area contributed by atoms with Crippen LogP contribution in [0.15, 0.2) is 47.1 Å². The maximum atomic E-state index is 11.8. The third-order valence-electron chi connectivity index (χ3n) is 2.13. The van der Waals surface area contributed by atoms with E-state index >= 15 is 0 Å². The number of rotatable bonds is 2. The van der Waals surface area contributed by atoms with E-state index in [0.717, 1.165) is 4.47 Å². The topological polar surface area (TPSA) is 54.0 Å². The average molecular weight is 327 g/mol. The monoisotopic (exact) mass is 325 g/mol. The first kappa shape index (κ1) is 12.9. The number of benzene rings is 1. The SMILES string of the molecule is O=C(Nc1ccccc1Br)Nc1cccnc1Cl. The summed E-state index contributed by atoms with van der Waals surface area (Å²) >= 11 is 9.18. The van der Waals surface area contributed by atoms with Gasteiger partial charge in [-0.3, -0.25) is 0 Å². The number of hydrogen-bond acceptors (Lipinski definition) is 2. The largest absolute Gasteiger partial charge is 0.323 e. The molecule has 0 saturated carbocycles. The summed E-state index contributed by atoms with van der Waals surface area (Å²) in [7, 11) is 0. The van der Waals surface area contributed by atoms with Gasteiger partial charge in [0.05, 0.1) is 11.4 Å². The smallest absolute Gasteiger partial charge is 0.307 e. The van der Waals surface area contributed by atoms with Gasteiger partial charge in [-0.15, -0.1) is 0 Å². The number of nitrogens with zero attached hydrogens (tertiary/aromatic N) is 1. The molecule has 2 N–H and O–H groups in total. The van der Waals surface area contributed by atoms with E-state index in [0.29, 0.717) is 11.4 Å². The quantitative estimate of drug-likeness (QED) is 0.815. The van der Waals surface area contributed by atoms with Gasteiger partial charge in [-0.05, 0) is 40.2 Å². The van der Waals surface area contributed by atoms with E-state index in [-0.39, 0.29) is 11.2 Å². The molecule has 1 aromatic carbocycles. The van der Waals surface area contributed by atoms with Crippen LogP contribution >= 0.6 is 27.5 Å². The predicted octanol–water partition coefficient (Wildman–Crippen LogP) is 4.14. The van der Waals surface area contributed by atoms with E-state index in [2.05, 4.69) is 31.5 Å². The molecular formula is C12H9BrClN3O. The molecular weight excluding hydrogens is 318 g/mol. The number of aromatic nitrogens is 1. The molecule has 0 fully saturated rings. The van der Waals surface area contributed by atoms with Gasteiger partial charge in [0.25, 0.3) is 0 Å². The molecule has 1 aromatic heterocycles. The molecule has 2 aromatic rings. The zero-order valence-corrected chi connectivity index (χ0v) is 11.5. The van der Waals surface area contributed by atoms with Crippen LogP contribution in [0, 0.1) is 0 Å². The van der Waals surface area contributed by atoms with Crippen molar-refractivity contribution >= 4 is 44.9 Å². The molecule has 1 heterocycles. The summed E-state index contributed by atoms with van der Waals surface area (Å²) in [6.45, 7) is 0. The van der Waals surface area contributed by atoms with Crippen molar-refractivity contribution in [1.29, 1.82) is 0 Å². The van der Waals surface area contributed by atoms with Gasteiger partial charge >= 0.3 is 6.03 Å². The predicted molar refractivity (Wildman–Crippen MR) is 76.0 cm³/mol. The highest BCUT2D eigenvalue weighted by atomic mass is 79.9. The number of halogens is 2. The lowest BCUT2D eigenvalue weighted by molar-refractivity contribution is 0.262. The Labute approximate surface area is 118 Å². The molecule has 18 heavy (non-hydrogen) atoms. The van der Waals surface area contributed by atoms with Crippen LogP contribution < -0.4 is 10.6 Å². The van der Waals surface area contributed by atoms with Gasteiger partial charge < -0.3 is 10.6 Å². The number of anilines is 2. The van der Waals surface area contributed by atoms with Crippen molar-refractivity contribution in [1.82, 2.24) is 4.98 Å². The fraction of sp³-hybridized carbons (Fsp3) is 0. The maximum Gasteiger partial charge on any atom is 0.323 e. The molecule has 0 saturated heterocycles. The van der Waals surface area contributed by atoms with Crippen LogP contribution in [0.25, 0.3) is 0 Å². The fourth-order valence-electron chi connectivity index (χ4n) is 1.32. The van der Waals surface area contributed by atoms with Gasteiger partial charge in [0.2, 0.25) is 0 Å². The Kier molecular flexibility index (Phi) is 4.17. The van der Waals surface area contributed by atoms with Gasteiger partial charge in [0.15, 0.2) is 5.15 Å². The minimum Gasteiger partial charge on any atom is -0.307 e. The highest BCUT2D eigenvalue weighted by Crippen LogP contribution is 2.22. The summed E-state index contributed by atoms with van der Waals surface area (Å²) < 4.78 is 0.803. The molecule has 4 nitrogen and oxygen atoms in total. The van der Waals surface area contributed by atoms with Gasteiger partial charge in [0.1, 0.15) is 0 Å². The van der Waals surface area contributed by atoms with E-state index in [1.807, 2.05) is 18.2 Å². The molecule has 0 aliphatic rings. The highest BCUT2D eigenvalue weighted by molar-refractivity contribution is 9.10. The molecule has 0 spiro atoms. The van der Waals surface area contributed by atoms with Gasteiger partial charge in [-0.2, -0.15) is 0 Å². The molecule has 2 amide bonds. The number of pyridine rings is 1. The second kappa shape index (κ2) is 5.84. The van der Waals surface area contributed by atoms with E-state index in [1.54, 1.807) is 24.4 Å². The minimum absolute atomic E-state index is 0.250. The number of para-hydroxylation sites is 1. The minimum atomic E-state index is -0.378. The summed E-state index contributed by atoms with van der Waals surface area (Å²) in [5, 5.41) is 5.57. The molecule has 0 aliphatic carbocycles. The Morgan fingerprint density at radius 2 is 1.78 bits per heavy atom. The first-order valence-corrected chi connectivity index (χ1v) is 6.27. The summed E-state index contributed by atoms with van der Waals surface area (Å²) in [5.41, 5.74) is 1.14. The molecule has 2 rings (SSSR count). The molecule has 92 valence electrons. The zero-order chi connectivity index (χ0) is 13.0. The molecule has 0 unspecified atom stereocenters. The Bertz CT molecular complexity index is 527. The van der Waals surface area contributed by atoms with Crippen molar-refractivity contribution in [2.45, 2.75) is 0 Å². The summed E-state index contributed by atoms with van der Waals surface area (Å²) in [4.78, 5) is 15.6. The molecule has 0 radical (unpaired) electrons. The molecule has 6 heteroatoms. The van der Waals surface area contributed by atoms with Gasteiger partial charge in [-0.25, -0.2) is 9.78 Å². The van der Waals surface area contributed by atoms with E-state index in [1.165, 1.54) is 0 Å². The fourth-order valence-corrected chi connectivity index (χ4v) is 1.87. The summed E-state index contributed by atoms with van der Waals surface area (Å²) in [5.74, 6) is 0. The van der Waals surface area contributed by atoms with E-state index in [9.17, 15) is 4.79 Å². The van der Waals surface area contributed by atoms with Crippen molar-refractivity contribution in [3.8, 4) is 0 Å². The van der Waals surface area contributed by atoms with Crippen molar-refractivity contribution in [3.05, 3.63) is 52.2 Å². The second-order valence-electron chi connectivity index (χ2n) is 3.40. The number of carbonyl (C=O) groups excluding carboxylic acids is 1. The standard InChI is InChI=1S/C12H9BrClN3O/c13-8-4-1-2-5-9(8)16-12(18)17-10-6-3-7-15-11(10)14/h1-7H,(H2,16,17,18). The third-order valence-corrected chi connectivity index (χ3v) is 3.12. The lowest BCUT2D eigenvalue weighted by Crippen LogP contribution is -2.19.